The smallest absolute Gasteiger partial charge is 0.310 e. The van der Waals surface area contributed by atoms with Crippen LogP contribution in [0.5, 0.6) is 0 Å². The number of carbonyl (C=O) groups is 5. The van der Waals surface area contributed by atoms with Gasteiger partial charge in [-0.2, -0.15) is 0 Å². The molecule has 6 atom stereocenters. The molecule has 0 aromatic carbocycles. The van der Waals surface area contributed by atoms with E-state index in [1.165, 1.54) is 6.92 Å². The number of hydrogen-bond donors (Lipinski definition) is 0. The number of carbonyl (C=O) groups excluding carboxylic acids is 5. The lowest BCUT2D eigenvalue weighted by molar-refractivity contribution is -0.188. The van der Waals surface area contributed by atoms with E-state index >= 15 is 0 Å². The molecule has 1 rings (SSSR count). The van der Waals surface area contributed by atoms with Crippen LogP contribution in [-0.2, 0) is 61.9 Å². The van der Waals surface area contributed by atoms with Crippen LogP contribution in [0.4, 0.5) is 0 Å². The van der Waals surface area contributed by atoms with Gasteiger partial charge in [-0.3, -0.25) is 19.2 Å². The maximum atomic E-state index is 13.4. The van der Waals surface area contributed by atoms with Crippen LogP contribution in [0.2, 0.25) is 0 Å². The summed E-state index contributed by atoms with van der Waals surface area (Å²) < 4.78 is 41.0. The average Bonchev–Trinajstić information content (AvgIpc) is 2.96. The fourth-order valence-corrected chi connectivity index (χ4v) is 4.57. The Morgan fingerprint density at radius 1 is 0.512 bits per heavy atom. The predicted octanol–water partition coefficient (Wildman–Crippen LogP) is 1.73. The molecule has 0 spiro atoms. The van der Waals surface area contributed by atoms with E-state index in [1.54, 1.807) is 0 Å². The van der Waals surface area contributed by atoms with Gasteiger partial charge in [-0.15, -0.1) is 0 Å². The Balaban J connectivity index is 3.51. The second kappa shape index (κ2) is 19.7. The Morgan fingerprint density at radius 3 is 1.17 bits per heavy atom. The molecule has 0 amide bonds. The standard InChI is InChI=1S/C28H38O13/c1-6-34-10-14-38-25(30)21-19(5)22(26(31)39-15-11-35-7-2)24(28(33)41-17-13-37-9-4)23(20(21)18-29)27(32)40-16-12-36-8-3/h6-9,18-24H,1-4,10-17H2,5H3. The highest BCUT2D eigenvalue weighted by Gasteiger charge is 2.60. The number of rotatable bonds is 21. The van der Waals surface area contributed by atoms with Crippen LogP contribution >= 0.6 is 0 Å². The highest BCUT2D eigenvalue weighted by atomic mass is 16.6. The third-order valence-electron chi connectivity index (χ3n) is 6.24. The summed E-state index contributed by atoms with van der Waals surface area (Å²) in [5.74, 6) is -12.1. The van der Waals surface area contributed by atoms with Crippen LogP contribution in [0, 0.1) is 35.5 Å². The minimum atomic E-state index is -1.61. The monoisotopic (exact) mass is 582 g/mol. The third kappa shape index (κ3) is 10.7. The van der Waals surface area contributed by atoms with Gasteiger partial charge in [0.25, 0.3) is 0 Å². The van der Waals surface area contributed by atoms with E-state index in [-0.39, 0.29) is 52.9 Å². The predicted molar refractivity (Wildman–Crippen MR) is 141 cm³/mol. The molecule has 0 aliphatic heterocycles. The van der Waals surface area contributed by atoms with Crippen molar-refractivity contribution >= 4 is 30.2 Å². The summed E-state index contributed by atoms with van der Waals surface area (Å²) in [6.07, 6.45) is 4.97. The molecule has 0 aromatic rings. The minimum absolute atomic E-state index is 0.0205. The summed E-state index contributed by atoms with van der Waals surface area (Å²) in [6.45, 7) is 13.9. The number of esters is 4. The van der Waals surface area contributed by atoms with Gasteiger partial charge in [-0.25, -0.2) is 0 Å². The van der Waals surface area contributed by atoms with Crippen molar-refractivity contribution in [2.24, 2.45) is 35.5 Å². The molecule has 228 valence electrons. The highest BCUT2D eigenvalue weighted by molar-refractivity contribution is 5.92. The van der Waals surface area contributed by atoms with Crippen LogP contribution in [0.15, 0.2) is 51.4 Å². The molecule has 1 fully saturated rings. The molecule has 0 saturated heterocycles. The first-order valence-corrected chi connectivity index (χ1v) is 12.8. The Morgan fingerprint density at radius 2 is 0.829 bits per heavy atom. The molecule has 1 saturated carbocycles. The van der Waals surface area contributed by atoms with E-state index < -0.39 is 59.4 Å². The van der Waals surface area contributed by atoms with Gasteiger partial charge in [0.2, 0.25) is 0 Å². The van der Waals surface area contributed by atoms with Gasteiger partial charge in [0, 0.05) is 5.92 Å². The topological polar surface area (TPSA) is 159 Å². The van der Waals surface area contributed by atoms with Crippen molar-refractivity contribution in [1.82, 2.24) is 0 Å². The van der Waals surface area contributed by atoms with Crippen molar-refractivity contribution in [2.45, 2.75) is 6.92 Å². The van der Waals surface area contributed by atoms with Crippen LogP contribution in [-0.4, -0.2) is 83.0 Å². The van der Waals surface area contributed by atoms with Crippen molar-refractivity contribution in [3.8, 4) is 0 Å². The molecule has 6 unspecified atom stereocenters. The van der Waals surface area contributed by atoms with Gasteiger partial charge in [0.05, 0.1) is 48.7 Å². The fraction of sp³-hybridized carbons (Fsp3) is 0.536. The SMILES string of the molecule is C=COCCOC(=O)C1C(C)C(C(=O)OCCOC=C)C(C(=O)OCCOC=C)C(C(=O)OCCOC=C)C1C=O. The molecule has 0 N–H and O–H groups in total. The Labute approximate surface area is 239 Å². The molecule has 13 heteroatoms. The second-order valence-corrected chi connectivity index (χ2v) is 8.50. The summed E-state index contributed by atoms with van der Waals surface area (Å²) >= 11 is 0. The molecule has 41 heavy (non-hydrogen) atoms. The molecule has 1 aliphatic rings. The van der Waals surface area contributed by atoms with E-state index in [4.69, 9.17) is 37.9 Å². The van der Waals surface area contributed by atoms with Gasteiger partial charge < -0.3 is 42.7 Å². The second-order valence-electron chi connectivity index (χ2n) is 8.50. The maximum absolute atomic E-state index is 13.4. The largest absolute Gasteiger partial charge is 0.498 e. The van der Waals surface area contributed by atoms with Crippen LogP contribution < -0.4 is 0 Å². The third-order valence-corrected chi connectivity index (χ3v) is 6.24. The molecule has 1 aliphatic carbocycles. The van der Waals surface area contributed by atoms with E-state index in [1.807, 2.05) is 0 Å². The molecule has 0 heterocycles. The Kier molecular flexibility index (Phi) is 16.7. The lowest BCUT2D eigenvalue weighted by Gasteiger charge is -2.44. The zero-order valence-corrected chi connectivity index (χ0v) is 23.1. The first-order chi connectivity index (χ1) is 19.8. The van der Waals surface area contributed by atoms with Gasteiger partial charge in [-0.05, 0) is 5.92 Å². The zero-order chi connectivity index (χ0) is 30.6. The first-order valence-electron chi connectivity index (χ1n) is 12.8. The van der Waals surface area contributed by atoms with Crippen LogP contribution in [0.1, 0.15) is 6.92 Å². The molecule has 0 bridgehead atoms. The van der Waals surface area contributed by atoms with Crippen molar-refractivity contribution in [3.63, 3.8) is 0 Å². The van der Waals surface area contributed by atoms with Gasteiger partial charge in [-0.1, -0.05) is 33.2 Å². The lowest BCUT2D eigenvalue weighted by atomic mass is 9.57. The summed E-state index contributed by atoms with van der Waals surface area (Å²) in [7, 11) is 0. The summed E-state index contributed by atoms with van der Waals surface area (Å²) in [6, 6.07) is 0. The first kappa shape index (κ1) is 34.7. The number of ether oxygens (including phenoxy) is 8. The zero-order valence-electron chi connectivity index (χ0n) is 23.1. The molecule has 13 nitrogen and oxygen atoms in total. The summed E-state index contributed by atoms with van der Waals surface area (Å²) in [4.78, 5) is 65.9. The fourth-order valence-electron chi connectivity index (χ4n) is 4.57. The van der Waals surface area contributed by atoms with E-state index in [0.29, 0.717) is 6.29 Å². The van der Waals surface area contributed by atoms with Crippen LogP contribution in [0.3, 0.4) is 0 Å². The average molecular weight is 583 g/mol. The quantitative estimate of drug-likeness (QED) is 0.0634. The van der Waals surface area contributed by atoms with Gasteiger partial charge >= 0.3 is 23.9 Å². The van der Waals surface area contributed by atoms with Crippen molar-refractivity contribution in [3.05, 3.63) is 51.4 Å². The molecule has 0 radical (unpaired) electrons. The van der Waals surface area contributed by atoms with Crippen LogP contribution in [0.25, 0.3) is 0 Å². The molecular formula is C28H38O13. The Bertz CT molecular complexity index is 915. The van der Waals surface area contributed by atoms with Gasteiger partial charge in [0.1, 0.15) is 59.1 Å². The lowest BCUT2D eigenvalue weighted by Crippen LogP contribution is -2.57. The maximum Gasteiger partial charge on any atom is 0.310 e. The van der Waals surface area contributed by atoms with E-state index in [0.717, 1.165) is 25.0 Å². The normalized spacial score (nSPS) is 23.0. The summed E-state index contributed by atoms with van der Waals surface area (Å²) in [5, 5.41) is 0. The van der Waals surface area contributed by atoms with Crippen molar-refractivity contribution in [1.29, 1.82) is 0 Å². The van der Waals surface area contributed by atoms with E-state index in [2.05, 4.69) is 26.3 Å². The van der Waals surface area contributed by atoms with Crippen molar-refractivity contribution < 1.29 is 61.9 Å². The molecule has 0 aromatic heterocycles. The minimum Gasteiger partial charge on any atom is -0.498 e. The van der Waals surface area contributed by atoms with Gasteiger partial charge in [0.15, 0.2) is 0 Å². The van der Waals surface area contributed by atoms with E-state index in [9.17, 15) is 24.0 Å². The highest BCUT2D eigenvalue weighted by Crippen LogP contribution is 2.47. The summed E-state index contributed by atoms with van der Waals surface area (Å²) in [5.41, 5.74) is 0. The molecular weight excluding hydrogens is 544 g/mol. The number of aldehydes is 1. The Hall–Kier alpha value is -4.29. The van der Waals surface area contributed by atoms with Crippen molar-refractivity contribution in [2.75, 3.05) is 52.9 Å². The number of hydrogen-bond acceptors (Lipinski definition) is 13.